The lowest BCUT2D eigenvalue weighted by Gasteiger charge is -2.13. The van der Waals surface area contributed by atoms with Crippen molar-refractivity contribution in [3.8, 4) is 67.8 Å². The quantitative estimate of drug-likeness (QED) is 0.165. The van der Waals surface area contributed by atoms with Gasteiger partial charge in [-0.15, -0.1) is 0 Å². The zero-order valence-corrected chi connectivity index (χ0v) is 31.3. The molecule has 0 amide bonds. The standard InChI is InChI=1S/C48H35N5.C2H6/c1-32-27-44(34-13-5-2-6-14-34)50-45(28-32)36-23-21-33(22-24-36)39-29-40(43-26-25-35-15-11-12-20-42(35)49-43)31-41(30-39)48-52-46(37-16-7-3-8-17-37)51-47(53-48)38-18-9-4-10-19-38;1-2/h3-5,7-31H,2,6H2,1H3;1-2H3. The number of hydrogen-bond donors (Lipinski definition) is 0. The molecule has 0 unspecified atom stereocenters. The summed E-state index contributed by atoms with van der Waals surface area (Å²) in [5.74, 6) is 1.85. The molecule has 3 heterocycles. The third-order valence-electron chi connectivity index (χ3n) is 9.56. The fourth-order valence-electron chi connectivity index (χ4n) is 6.84. The third kappa shape index (κ3) is 7.78. The van der Waals surface area contributed by atoms with E-state index in [1.807, 2.05) is 86.6 Å². The first kappa shape index (κ1) is 35.2. The molecular formula is C50H41N5. The second kappa shape index (κ2) is 16.0. The molecule has 0 fully saturated rings. The summed E-state index contributed by atoms with van der Waals surface area (Å²) in [6.07, 6.45) is 8.82. The first-order valence-electron chi connectivity index (χ1n) is 19.0. The van der Waals surface area contributed by atoms with Crippen molar-refractivity contribution in [1.29, 1.82) is 0 Å². The molecule has 5 heteroatoms. The van der Waals surface area contributed by atoms with Gasteiger partial charge in [-0.05, 0) is 84.5 Å². The number of para-hydroxylation sites is 1. The van der Waals surface area contributed by atoms with Crippen LogP contribution in [0.4, 0.5) is 0 Å². The molecule has 55 heavy (non-hydrogen) atoms. The van der Waals surface area contributed by atoms with Gasteiger partial charge in [0.15, 0.2) is 17.5 Å². The van der Waals surface area contributed by atoms with Gasteiger partial charge in [0.05, 0.1) is 22.6 Å². The first-order chi connectivity index (χ1) is 27.1. The first-order valence-corrected chi connectivity index (χ1v) is 19.0. The van der Waals surface area contributed by atoms with Gasteiger partial charge in [-0.2, -0.15) is 0 Å². The Kier molecular flexibility index (Phi) is 10.3. The van der Waals surface area contributed by atoms with E-state index in [0.29, 0.717) is 17.5 Å². The van der Waals surface area contributed by atoms with Gasteiger partial charge in [0, 0.05) is 33.2 Å². The number of benzene rings is 5. The minimum absolute atomic E-state index is 0.598. The lowest BCUT2D eigenvalue weighted by molar-refractivity contribution is 1.04. The maximum atomic E-state index is 5.08. The molecule has 0 radical (unpaired) electrons. The number of hydrogen-bond acceptors (Lipinski definition) is 5. The van der Waals surface area contributed by atoms with Crippen LogP contribution in [0, 0.1) is 6.92 Å². The van der Waals surface area contributed by atoms with Gasteiger partial charge in [-0.1, -0.05) is 141 Å². The van der Waals surface area contributed by atoms with Crippen LogP contribution in [-0.2, 0) is 0 Å². The Labute approximate surface area is 322 Å². The SMILES string of the molecule is CC.Cc1cc(C2=CCCC=C2)nc(-c2ccc(-c3cc(-c4ccc5ccccc5n4)cc(-c4nc(-c5ccccc5)nc(-c5ccccc5)n4)c3)cc2)c1. The number of fused-ring (bicyclic) bond motifs is 1. The molecule has 9 rings (SSSR count). The van der Waals surface area contributed by atoms with E-state index in [4.69, 9.17) is 24.9 Å². The van der Waals surface area contributed by atoms with Gasteiger partial charge in [0.25, 0.3) is 0 Å². The van der Waals surface area contributed by atoms with Gasteiger partial charge in [-0.3, -0.25) is 0 Å². The lowest BCUT2D eigenvalue weighted by atomic mass is 9.96. The molecule has 5 aromatic carbocycles. The van der Waals surface area contributed by atoms with Gasteiger partial charge in [0.1, 0.15) is 0 Å². The number of aryl methyl sites for hydroxylation is 1. The van der Waals surface area contributed by atoms with Gasteiger partial charge >= 0.3 is 0 Å². The highest BCUT2D eigenvalue weighted by Crippen LogP contribution is 2.35. The Balaban J connectivity index is 0.00000210. The van der Waals surface area contributed by atoms with Crippen molar-refractivity contribution in [3.05, 3.63) is 181 Å². The molecule has 0 spiro atoms. The Morgan fingerprint density at radius 1 is 0.400 bits per heavy atom. The van der Waals surface area contributed by atoms with E-state index in [2.05, 4.69) is 104 Å². The van der Waals surface area contributed by atoms with E-state index in [-0.39, 0.29) is 0 Å². The van der Waals surface area contributed by atoms with E-state index < -0.39 is 0 Å². The highest BCUT2D eigenvalue weighted by molar-refractivity contribution is 5.85. The van der Waals surface area contributed by atoms with Crippen LogP contribution in [0.3, 0.4) is 0 Å². The molecule has 0 saturated carbocycles. The van der Waals surface area contributed by atoms with Gasteiger partial charge in [0.2, 0.25) is 0 Å². The second-order valence-electron chi connectivity index (χ2n) is 13.4. The summed E-state index contributed by atoms with van der Waals surface area (Å²) >= 11 is 0. The molecule has 1 aliphatic carbocycles. The predicted octanol–water partition coefficient (Wildman–Crippen LogP) is 12.9. The highest BCUT2D eigenvalue weighted by atomic mass is 15.0. The van der Waals surface area contributed by atoms with Crippen LogP contribution in [0.15, 0.2) is 170 Å². The lowest BCUT2D eigenvalue weighted by Crippen LogP contribution is -2.00. The number of pyridine rings is 2. The van der Waals surface area contributed by atoms with Crippen molar-refractivity contribution in [2.24, 2.45) is 0 Å². The maximum Gasteiger partial charge on any atom is 0.164 e. The van der Waals surface area contributed by atoms with Crippen LogP contribution in [0.25, 0.3) is 84.3 Å². The van der Waals surface area contributed by atoms with Crippen molar-refractivity contribution in [3.63, 3.8) is 0 Å². The minimum Gasteiger partial charge on any atom is -0.248 e. The summed E-state index contributed by atoms with van der Waals surface area (Å²) in [4.78, 5) is 25.2. The molecule has 266 valence electrons. The van der Waals surface area contributed by atoms with Gasteiger partial charge < -0.3 is 0 Å². The summed E-state index contributed by atoms with van der Waals surface area (Å²) in [6, 6.07) is 52.1. The number of rotatable bonds is 7. The molecular weight excluding hydrogens is 671 g/mol. The minimum atomic E-state index is 0.598. The molecule has 0 atom stereocenters. The smallest absolute Gasteiger partial charge is 0.164 e. The number of aromatic nitrogens is 5. The fraction of sp³-hybridized carbons (Fsp3) is 0.100. The van der Waals surface area contributed by atoms with Crippen LogP contribution in [0.5, 0.6) is 0 Å². The van der Waals surface area contributed by atoms with E-state index in [9.17, 15) is 0 Å². The molecule has 5 nitrogen and oxygen atoms in total. The topological polar surface area (TPSA) is 64.5 Å². The molecule has 0 aliphatic heterocycles. The van der Waals surface area contributed by atoms with Crippen LogP contribution >= 0.6 is 0 Å². The summed E-state index contributed by atoms with van der Waals surface area (Å²) in [5, 5.41) is 1.10. The molecule has 3 aromatic heterocycles. The molecule has 8 aromatic rings. The summed E-state index contributed by atoms with van der Waals surface area (Å²) in [6.45, 7) is 6.14. The third-order valence-corrected chi connectivity index (χ3v) is 9.56. The summed E-state index contributed by atoms with van der Waals surface area (Å²) in [7, 11) is 0. The Hall–Kier alpha value is -6.85. The Morgan fingerprint density at radius 3 is 1.65 bits per heavy atom. The average Bonchev–Trinajstić information content (AvgIpc) is 3.27. The van der Waals surface area contributed by atoms with Crippen molar-refractivity contribution in [1.82, 2.24) is 24.9 Å². The number of allylic oxidation sites excluding steroid dienone is 4. The maximum absolute atomic E-state index is 5.08. The highest BCUT2D eigenvalue weighted by Gasteiger charge is 2.16. The van der Waals surface area contributed by atoms with Crippen LogP contribution in [-0.4, -0.2) is 24.9 Å². The molecule has 0 N–H and O–H groups in total. The van der Waals surface area contributed by atoms with E-state index in [1.54, 1.807) is 0 Å². The Morgan fingerprint density at radius 2 is 0.982 bits per heavy atom. The summed E-state index contributed by atoms with van der Waals surface area (Å²) < 4.78 is 0. The average molecular weight is 712 g/mol. The molecule has 1 aliphatic rings. The molecule has 0 saturated heterocycles. The zero-order chi connectivity index (χ0) is 37.6. The Bertz CT molecular complexity index is 2600. The van der Waals surface area contributed by atoms with Crippen molar-refractivity contribution in [2.75, 3.05) is 0 Å². The second-order valence-corrected chi connectivity index (χ2v) is 13.4. The largest absolute Gasteiger partial charge is 0.248 e. The monoisotopic (exact) mass is 711 g/mol. The van der Waals surface area contributed by atoms with Crippen LogP contribution in [0.1, 0.15) is 37.9 Å². The number of nitrogens with zero attached hydrogens (tertiary/aromatic N) is 5. The van der Waals surface area contributed by atoms with E-state index in [0.717, 1.165) is 79.8 Å². The van der Waals surface area contributed by atoms with Crippen molar-refractivity contribution < 1.29 is 0 Å². The summed E-state index contributed by atoms with van der Waals surface area (Å²) in [5.41, 5.74) is 13.1. The van der Waals surface area contributed by atoms with E-state index in [1.165, 1.54) is 11.1 Å². The fourth-order valence-corrected chi connectivity index (χ4v) is 6.84. The zero-order valence-electron chi connectivity index (χ0n) is 31.3. The molecule has 0 bridgehead atoms. The van der Waals surface area contributed by atoms with Crippen LogP contribution in [0.2, 0.25) is 0 Å². The normalized spacial score (nSPS) is 12.2. The van der Waals surface area contributed by atoms with Crippen molar-refractivity contribution in [2.45, 2.75) is 33.6 Å². The van der Waals surface area contributed by atoms with E-state index >= 15 is 0 Å². The van der Waals surface area contributed by atoms with Gasteiger partial charge in [-0.25, -0.2) is 24.9 Å². The van der Waals surface area contributed by atoms with Crippen LogP contribution < -0.4 is 0 Å². The van der Waals surface area contributed by atoms with Crippen molar-refractivity contribution >= 4 is 16.5 Å². The predicted molar refractivity (Wildman–Crippen MR) is 228 cm³/mol.